The Hall–Kier alpha value is -1.32. The van der Waals surface area contributed by atoms with Crippen LogP contribution in [0.4, 0.5) is 0 Å². The molecule has 0 aromatic carbocycles. The molecule has 0 saturated carbocycles. The highest BCUT2D eigenvalue weighted by Crippen LogP contribution is 2.14. The minimum absolute atomic E-state index is 0.0473. The predicted molar refractivity (Wildman–Crippen MR) is 47.0 cm³/mol. The molecule has 1 fully saturated rings. The molecule has 1 saturated heterocycles. The topological polar surface area (TPSA) is 46.6 Å². The smallest absolute Gasteiger partial charge is 0.325 e. The van der Waals surface area contributed by atoms with Crippen LogP contribution in [0.5, 0.6) is 0 Å². The van der Waals surface area contributed by atoms with Gasteiger partial charge in [0.2, 0.25) is 5.91 Å². The Labute approximate surface area is 77.2 Å². The average molecular weight is 183 g/mol. The number of carbonyl (C=O) groups is 2. The fraction of sp³-hybridized carbons (Fsp3) is 0.556. The van der Waals surface area contributed by atoms with E-state index >= 15 is 0 Å². The van der Waals surface area contributed by atoms with Crippen molar-refractivity contribution < 1.29 is 14.3 Å². The molecule has 0 bridgehead atoms. The highest BCUT2D eigenvalue weighted by atomic mass is 16.5. The van der Waals surface area contributed by atoms with E-state index in [4.69, 9.17) is 4.74 Å². The van der Waals surface area contributed by atoms with Gasteiger partial charge < -0.3 is 9.64 Å². The molecular weight excluding hydrogens is 170 g/mol. The second kappa shape index (κ2) is 4.07. The summed E-state index contributed by atoms with van der Waals surface area (Å²) in [6.45, 7) is 6.31. The van der Waals surface area contributed by atoms with Crippen LogP contribution in [0, 0.1) is 0 Å². The number of nitrogens with zero attached hydrogens (tertiary/aromatic N) is 1. The first-order valence-electron chi connectivity index (χ1n) is 4.27. The van der Waals surface area contributed by atoms with E-state index in [1.807, 2.05) is 0 Å². The van der Waals surface area contributed by atoms with Crippen molar-refractivity contribution in [2.24, 2.45) is 0 Å². The number of rotatable bonds is 3. The molecule has 72 valence electrons. The van der Waals surface area contributed by atoms with E-state index in [0.29, 0.717) is 25.1 Å². The quantitative estimate of drug-likeness (QED) is 0.468. The largest absolute Gasteiger partial charge is 0.465 e. The maximum absolute atomic E-state index is 11.3. The van der Waals surface area contributed by atoms with Crippen LogP contribution < -0.4 is 0 Å². The van der Waals surface area contributed by atoms with Gasteiger partial charge in [-0.05, 0) is 13.3 Å². The third-order valence-electron chi connectivity index (χ3n) is 1.90. The SMILES string of the molecule is C=C1CCN(CC(=O)OCC)C1=O. The van der Waals surface area contributed by atoms with Crippen LogP contribution in [0.15, 0.2) is 12.2 Å². The van der Waals surface area contributed by atoms with Crippen molar-refractivity contribution in [3.05, 3.63) is 12.2 Å². The summed E-state index contributed by atoms with van der Waals surface area (Å²) in [7, 11) is 0. The van der Waals surface area contributed by atoms with Gasteiger partial charge in [0.15, 0.2) is 0 Å². The summed E-state index contributed by atoms with van der Waals surface area (Å²) in [5.74, 6) is -0.487. The van der Waals surface area contributed by atoms with Crippen molar-refractivity contribution in [3.63, 3.8) is 0 Å². The van der Waals surface area contributed by atoms with Gasteiger partial charge in [-0.25, -0.2) is 0 Å². The molecule has 0 N–H and O–H groups in total. The van der Waals surface area contributed by atoms with Crippen molar-refractivity contribution in [1.29, 1.82) is 0 Å². The number of hydrogen-bond donors (Lipinski definition) is 0. The Kier molecular flexibility index (Phi) is 3.06. The third kappa shape index (κ3) is 2.31. The summed E-state index contributed by atoms with van der Waals surface area (Å²) in [5.41, 5.74) is 0.573. The molecular formula is C9H13NO3. The van der Waals surface area contributed by atoms with Crippen molar-refractivity contribution >= 4 is 11.9 Å². The number of carbonyl (C=O) groups excluding carboxylic acids is 2. The molecule has 4 nitrogen and oxygen atoms in total. The second-order valence-corrected chi connectivity index (χ2v) is 2.89. The second-order valence-electron chi connectivity index (χ2n) is 2.89. The number of esters is 1. The summed E-state index contributed by atoms with van der Waals surface area (Å²) in [6.07, 6.45) is 0.651. The van der Waals surface area contributed by atoms with Gasteiger partial charge in [0.05, 0.1) is 6.61 Å². The van der Waals surface area contributed by atoms with Crippen molar-refractivity contribution in [1.82, 2.24) is 4.90 Å². The summed E-state index contributed by atoms with van der Waals surface area (Å²) < 4.78 is 4.72. The molecule has 1 aliphatic heterocycles. The highest BCUT2D eigenvalue weighted by molar-refractivity contribution is 5.96. The standard InChI is InChI=1S/C9H13NO3/c1-3-13-8(11)6-10-5-4-7(2)9(10)12/h2-6H2,1H3. The molecule has 0 aromatic rings. The molecule has 0 radical (unpaired) electrons. The Morgan fingerprint density at radius 1 is 1.69 bits per heavy atom. The molecule has 0 aliphatic carbocycles. The lowest BCUT2D eigenvalue weighted by molar-refractivity contribution is -0.147. The van der Waals surface area contributed by atoms with Crippen LogP contribution >= 0.6 is 0 Å². The molecule has 13 heavy (non-hydrogen) atoms. The fourth-order valence-corrected chi connectivity index (χ4v) is 1.22. The molecule has 0 unspecified atom stereocenters. The van der Waals surface area contributed by atoms with Gasteiger partial charge in [0, 0.05) is 12.1 Å². The first-order valence-corrected chi connectivity index (χ1v) is 4.27. The van der Waals surface area contributed by atoms with Gasteiger partial charge in [-0.3, -0.25) is 9.59 Å². The van der Waals surface area contributed by atoms with Crippen molar-refractivity contribution in [3.8, 4) is 0 Å². The molecule has 1 rings (SSSR count). The molecule has 0 atom stereocenters. The van der Waals surface area contributed by atoms with Gasteiger partial charge in [-0.1, -0.05) is 6.58 Å². The van der Waals surface area contributed by atoms with Gasteiger partial charge >= 0.3 is 5.97 Å². The Morgan fingerprint density at radius 3 is 2.85 bits per heavy atom. The maximum Gasteiger partial charge on any atom is 0.325 e. The first-order chi connectivity index (χ1) is 6.15. The van der Waals surface area contributed by atoms with Gasteiger partial charge in [0.25, 0.3) is 0 Å². The first kappa shape index (κ1) is 9.77. The lowest BCUT2D eigenvalue weighted by atomic mass is 10.3. The van der Waals surface area contributed by atoms with E-state index in [1.165, 1.54) is 4.90 Å². The molecule has 0 aromatic heterocycles. The number of ether oxygens (including phenoxy) is 1. The molecule has 1 heterocycles. The summed E-state index contributed by atoms with van der Waals surface area (Å²) in [4.78, 5) is 23.7. The minimum atomic E-state index is -0.356. The normalized spacial score (nSPS) is 16.5. The molecule has 0 spiro atoms. The van der Waals surface area contributed by atoms with Crippen LogP contribution in [0.25, 0.3) is 0 Å². The average Bonchev–Trinajstić information content (AvgIpc) is 2.37. The summed E-state index contributed by atoms with van der Waals surface area (Å²) in [5, 5.41) is 0. The van der Waals surface area contributed by atoms with E-state index in [9.17, 15) is 9.59 Å². The lowest BCUT2D eigenvalue weighted by Gasteiger charge is -2.13. The van der Waals surface area contributed by atoms with Crippen LogP contribution in [0.3, 0.4) is 0 Å². The molecule has 4 heteroatoms. The van der Waals surface area contributed by atoms with E-state index in [1.54, 1.807) is 6.92 Å². The van der Waals surface area contributed by atoms with E-state index in [0.717, 1.165) is 0 Å². The Bertz CT molecular complexity index is 247. The fourth-order valence-electron chi connectivity index (χ4n) is 1.22. The van der Waals surface area contributed by atoms with Gasteiger partial charge in [-0.2, -0.15) is 0 Å². The number of hydrogen-bond acceptors (Lipinski definition) is 3. The summed E-state index contributed by atoms with van der Waals surface area (Å²) in [6, 6.07) is 0. The monoisotopic (exact) mass is 183 g/mol. The van der Waals surface area contributed by atoms with Gasteiger partial charge in [-0.15, -0.1) is 0 Å². The van der Waals surface area contributed by atoms with Crippen LogP contribution in [-0.4, -0.2) is 36.5 Å². The van der Waals surface area contributed by atoms with Crippen LogP contribution in [0.2, 0.25) is 0 Å². The minimum Gasteiger partial charge on any atom is -0.465 e. The zero-order valence-electron chi connectivity index (χ0n) is 7.71. The van der Waals surface area contributed by atoms with E-state index < -0.39 is 0 Å². The van der Waals surface area contributed by atoms with Crippen LogP contribution in [0.1, 0.15) is 13.3 Å². The van der Waals surface area contributed by atoms with Crippen molar-refractivity contribution in [2.45, 2.75) is 13.3 Å². The zero-order chi connectivity index (χ0) is 9.84. The molecule has 1 aliphatic rings. The lowest BCUT2D eigenvalue weighted by Crippen LogP contribution is -2.32. The highest BCUT2D eigenvalue weighted by Gasteiger charge is 2.25. The van der Waals surface area contributed by atoms with Crippen LogP contribution in [-0.2, 0) is 14.3 Å². The number of amides is 1. The predicted octanol–water partition coefficient (Wildman–Crippen LogP) is 0.338. The Balaban J connectivity index is 2.42. The molecule has 1 amide bonds. The van der Waals surface area contributed by atoms with Gasteiger partial charge in [0.1, 0.15) is 6.54 Å². The van der Waals surface area contributed by atoms with Crippen molar-refractivity contribution in [2.75, 3.05) is 19.7 Å². The Morgan fingerprint density at radius 2 is 2.38 bits per heavy atom. The number of likely N-dealkylation sites (tertiary alicyclic amines) is 1. The van der Waals surface area contributed by atoms with E-state index in [-0.39, 0.29) is 18.4 Å². The summed E-state index contributed by atoms with van der Waals surface area (Å²) >= 11 is 0. The maximum atomic E-state index is 11.3. The zero-order valence-corrected chi connectivity index (χ0v) is 7.71. The van der Waals surface area contributed by atoms with E-state index in [2.05, 4.69) is 6.58 Å². The third-order valence-corrected chi connectivity index (χ3v) is 1.90.